The highest BCUT2D eigenvalue weighted by Gasteiger charge is 2.46. The molecule has 5 rings (SSSR count). The van der Waals surface area contributed by atoms with E-state index in [1.54, 1.807) is 11.9 Å². The summed E-state index contributed by atoms with van der Waals surface area (Å²) in [4.78, 5) is 37.6. The van der Waals surface area contributed by atoms with Crippen LogP contribution >= 0.6 is 0 Å². The number of amides is 2. The minimum atomic E-state index is -0.512. The van der Waals surface area contributed by atoms with E-state index in [9.17, 15) is 9.59 Å². The molecule has 3 heterocycles. The van der Waals surface area contributed by atoms with E-state index in [1.807, 2.05) is 36.4 Å². The fourth-order valence-corrected chi connectivity index (χ4v) is 6.28. The normalized spacial score (nSPS) is 24.4. The molecular weight excluding hydrogens is 520 g/mol. The van der Waals surface area contributed by atoms with Crippen LogP contribution in [0.1, 0.15) is 42.5 Å². The molecule has 1 aromatic rings. The standard InChI is InChI=1S/C29H42N10O2/c1-36-16-18-38(19-17-36)15-14-31-28(40)21-8-10-22(11-9-21)33-26-13-12-24-27(34-26)39(23-6-4-3-5-7-23)25(20-32-35-30)29(41)37(24)2/h8-13,23,25,27,33-34H,3-7,14-20H2,1-2H3,(H,31,40)/t25-,27?/m1/s1. The first-order valence-corrected chi connectivity index (χ1v) is 14.7. The minimum Gasteiger partial charge on any atom is -0.351 e. The predicted octanol–water partition coefficient (Wildman–Crippen LogP) is 2.52. The molecule has 12 heteroatoms. The van der Waals surface area contributed by atoms with Gasteiger partial charge in [-0.25, -0.2) is 0 Å². The van der Waals surface area contributed by atoms with Crippen LogP contribution in [0, 0.1) is 0 Å². The number of carbonyl (C=O) groups excluding carboxylic acids is 2. The molecule has 2 atom stereocenters. The van der Waals surface area contributed by atoms with Crippen LogP contribution in [0.2, 0.25) is 0 Å². The van der Waals surface area contributed by atoms with Crippen LogP contribution in [0.15, 0.2) is 53.0 Å². The van der Waals surface area contributed by atoms with Gasteiger partial charge >= 0.3 is 0 Å². The van der Waals surface area contributed by atoms with Crippen molar-refractivity contribution in [2.24, 2.45) is 5.11 Å². The SMILES string of the molecule is CN1CCN(CCNC(=O)c2ccc(NC3=CC=C4C(N3)N(C3CCCCC3)[C@H](CN=[N+]=[N-])C(=O)N4C)cc2)CC1. The van der Waals surface area contributed by atoms with Crippen molar-refractivity contribution in [3.63, 3.8) is 0 Å². The third-order valence-electron chi connectivity index (χ3n) is 8.70. The molecule has 4 aliphatic rings. The smallest absolute Gasteiger partial charge is 0.251 e. The van der Waals surface area contributed by atoms with Crippen LogP contribution < -0.4 is 16.0 Å². The second-order valence-electron chi connectivity index (χ2n) is 11.4. The summed E-state index contributed by atoms with van der Waals surface area (Å²) in [6.45, 7) is 5.79. The maximum atomic E-state index is 13.3. The van der Waals surface area contributed by atoms with Gasteiger partial charge in [0, 0.05) is 68.5 Å². The quantitative estimate of drug-likeness (QED) is 0.239. The van der Waals surface area contributed by atoms with Gasteiger partial charge in [-0.15, -0.1) is 0 Å². The Morgan fingerprint density at radius 1 is 1.07 bits per heavy atom. The van der Waals surface area contributed by atoms with E-state index in [-0.39, 0.29) is 30.6 Å². The summed E-state index contributed by atoms with van der Waals surface area (Å²) >= 11 is 0. The topological polar surface area (TPSA) is 132 Å². The van der Waals surface area contributed by atoms with E-state index >= 15 is 0 Å². The van der Waals surface area contributed by atoms with Gasteiger partial charge in [-0.05, 0) is 61.8 Å². The van der Waals surface area contributed by atoms with Gasteiger partial charge < -0.3 is 25.8 Å². The molecule has 12 nitrogen and oxygen atoms in total. The number of piperazine rings is 2. The number of azide groups is 1. The van der Waals surface area contributed by atoms with Crippen LogP contribution in [0.25, 0.3) is 10.4 Å². The number of dihydropyridines is 1. The molecule has 0 spiro atoms. The number of allylic oxidation sites excluding steroid dienone is 2. The molecule has 0 radical (unpaired) electrons. The summed E-state index contributed by atoms with van der Waals surface area (Å²) in [6.07, 6.45) is 9.17. The highest BCUT2D eigenvalue weighted by atomic mass is 16.2. The Hall–Kier alpha value is -3.57. The number of hydrogen-bond donors (Lipinski definition) is 3. The Labute approximate surface area is 242 Å². The molecule has 3 fully saturated rings. The van der Waals surface area contributed by atoms with Crippen molar-refractivity contribution in [1.82, 2.24) is 30.2 Å². The zero-order valence-electron chi connectivity index (χ0n) is 24.1. The van der Waals surface area contributed by atoms with Gasteiger partial charge in [0.2, 0.25) is 5.91 Å². The lowest BCUT2D eigenvalue weighted by Crippen LogP contribution is -2.67. The number of anilines is 1. The summed E-state index contributed by atoms with van der Waals surface area (Å²) in [5.74, 6) is 0.682. The molecule has 0 aromatic heterocycles. The third-order valence-corrected chi connectivity index (χ3v) is 8.70. The third kappa shape index (κ3) is 6.84. The number of likely N-dealkylation sites (N-methyl/N-ethyl adjacent to an activating group) is 2. The molecule has 2 amide bonds. The zero-order valence-corrected chi connectivity index (χ0v) is 24.1. The predicted molar refractivity (Wildman–Crippen MR) is 159 cm³/mol. The highest BCUT2D eigenvalue weighted by Crippen LogP contribution is 2.34. The van der Waals surface area contributed by atoms with Crippen molar-refractivity contribution in [3.05, 3.63) is 63.9 Å². The van der Waals surface area contributed by atoms with Crippen LogP contribution in [-0.2, 0) is 4.79 Å². The van der Waals surface area contributed by atoms with Gasteiger partial charge in [0.15, 0.2) is 0 Å². The first-order chi connectivity index (χ1) is 19.9. The minimum absolute atomic E-state index is 0.0468. The molecule has 3 aliphatic heterocycles. The van der Waals surface area contributed by atoms with Crippen molar-refractivity contribution < 1.29 is 9.59 Å². The molecule has 1 aliphatic carbocycles. The summed E-state index contributed by atoms with van der Waals surface area (Å²) in [5.41, 5.74) is 11.3. The van der Waals surface area contributed by atoms with Crippen LogP contribution in [-0.4, -0.2) is 110 Å². The van der Waals surface area contributed by atoms with Gasteiger partial charge in [0.05, 0.1) is 18.3 Å². The average Bonchev–Trinajstić information content (AvgIpc) is 3.00. The van der Waals surface area contributed by atoms with E-state index in [4.69, 9.17) is 5.53 Å². The Bertz CT molecular complexity index is 1190. The summed E-state index contributed by atoms with van der Waals surface area (Å²) < 4.78 is 0. The van der Waals surface area contributed by atoms with E-state index in [0.717, 1.165) is 75.6 Å². The average molecular weight is 563 g/mol. The number of hydrogen-bond acceptors (Lipinski definition) is 8. The molecule has 41 heavy (non-hydrogen) atoms. The monoisotopic (exact) mass is 562 g/mol. The Morgan fingerprint density at radius 3 is 2.51 bits per heavy atom. The Kier molecular flexibility index (Phi) is 9.45. The van der Waals surface area contributed by atoms with Crippen molar-refractivity contribution >= 4 is 17.5 Å². The van der Waals surface area contributed by atoms with Crippen LogP contribution in [0.3, 0.4) is 0 Å². The van der Waals surface area contributed by atoms with Crippen molar-refractivity contribution in [1.29, 1.82) is 0 Å². The first kappa shape index (κ1) is 28.9. The molecule has 2 saturated heterocycles. The summed E-state index contributed by atoms with van der Waals surface area (Å²) in [7, 11) is 3.92. The van der Waals surface area contributed by atoms with E-state index in [1.165, 1.54) is 6.42 Å². The molecule has 1 unspecified atom stereocenters. The fourth-order valence-electron chi connectivity index (χ4n) is 6.28. The van der Waals surface area contributed by atoms with E-state index in [2.05, 4.69) is 47.7 Å². The number of carbonyl (C=O) groups is 2. The summed E-state index contributed by atoms with van der Waals surface area (Å²) in [5, 5.41) is 13.9. The Balaban J connectivity index is 1.22. The number of benzene rings is 1. The molecule has 0 bridgehead atoms. The molecular formula is C29H42N10O2. The molecule has 1 aromatic carbocycles. The number of rotatable bonds is 9. The van der Waals surface area contributed by atoms with Gasteiger partial charge in [0.25, 0.3) is 5.91 Å². The van der Waals surface area contributed by atoms with Crippen molar-refractivity contribution in [2.75, 3.05) is 65.2 Å². The lowest BCUT2D eigenvalue weighted by molar-refractivity contribution is -0.142. The second-order valence-corrected chi connectivity index (χ2v) is 11.4. The molecule has 220 valence electrons. The first-order valence-electron chi connectivity index (χ1n) is 14.7. The Morgan fingerprint density at radius 2 is 1.80 bits per heavy atom. The lowest BCUT2D eigenvalue weighted by atomic mass is 9.90. The molecule has 3 N–H and O–H groups in total. The second kappa shape index (κ2) is 13.4. The number of nitrogens with zero attached hydrogens (tertiary/aromatic N) is 7. The van der Waals surface area contributed by atoms with Crippen molar-refractivity contribution in [3.8, 4) is 0 Å². The van der Waals surface area contributed by atoms with Gasteiger partial charge in [-0.3, -0.25) is 19.4 Å². The highest BCUT2D eigenvalue weighted by molar-refractivity contribution is 5.94. The molecule has 1 saturated carbocycles. The van der Waals surface area contributed by atoms with E-state index in [0.29, 0.717) is 12.1 Å². The number of nitrogens with one attached hydrogen (secondary N) is 3. The maximum Gasteiger partial charge on any atom is 0.251 e. The maximum absolute atomic E-state index is 13.3. The summed E-state index contributed by atoms with van der Waals surface area (Å²) in [6, 6.07) is 7.18. The fraction of sp³-hybridized carbons (Fsp3) is 0.586. The van der Waals surface area contributed by atoms with Crippen LogP contribution in [0.5, 0.6) is 0 Å². The number of fused-ring (bicyclic) bond motifs is 1. The van der Waals surface area contributed by atoms with Gasteiger partial charge in [-0.2, -0.15) is 0 Å². The van der Waals surface area contributed by atoms with Gasteiger partial charge in [-0.1, -0.05) is 24.4 Å². The van der Waals surface area contributed by atoms with E-state index < -0.39 is 6.04 Å². The van der Waals surface area contributed by atoms with Gasteiger partial charge in [0.1, 0.15) is 12.0 Å². The van der Waals surface area contributed by atoms with Crippen LogP contribution in [0.4, 0.5) is 5.69 Å². The lowest BCUT2D eigenvalue weighted by Gasteiger charge is -2.51. The largest absolute Gasteiger partial charge is 0.351 e. The zero-order chi connectivity index (χ0) is 28.8. The van der Waals surface area contributed by atoms with Crippen molar-refractivity contribution in [2.45, 2.75) is 50.4 Å².